The van der Waals surface area contributed by atoms with E-state index in [4.69, 9.17) is 4.42 Å². The van der Waals surface area contributed by atoms with Crippen LogP contribution in [0.3, 0.4) is 0 Å². The van der Waals surface area contributed by atoms with Crippen molar-refractivity contribution in [3.63, 3.8) is 0 Å². The van der Waals surface area contributed by atoms with Crippen molar-refractivity contribution in [1.82, 2.24) is 49.1 Å². The lowest BCUT2D eigenvalue weighted by molar-refractivity contribution is 0.0586. The van der Waals surface area contributed by atoms with Gasteiger partial charge >= 0.3 is 5.69 Å². The summed E-state index contributed by atoms with van der Waals surface area (Å²) in [4.78, 5) is 40.5. The van der Waals surface area contributed by atoms with Crippen LogP contribution in [0.2, 0.25) is 0 Å². The summed E-state index contributed by atoms with van der Waals surface area (Å²) in [7, 11) is 3.45. The van der Waals surface area contributed by atoms with Crippen LogP contribution in [0.4, 0.5) is 0 Å². The Hall–Kier alpha value is -5.43. The summed E-state index contributed by atoms with van der Waals surface area (Å²) in [6.07, 6.45) is 5.00. The van der Waals surface area contributed by atoms with Gasteiger partial charge in [-0.1, -0.05) is 30.3 Å². The summed E-state index contributed by atoms with van der Waals surface area (Å²) in [6.45, 7) is 2.33. The van der Waals surface area contributed by atoms with Gasteiger partial charge in [-0.3, -0.25) is 19.2 Å². The number of oxazole rings is 1. The van der Waals surface area contributed by atoms with Gasteiger partial charge in [-0.25, -0.2) is 9.78 Å². The van der Waals surface area contributed by atoms with E-state index in [0.717, 1.165) is 5.56 Å². The molecule has 6 aromatic rings. The minimum Gasteiger partial charge on any atom is -0.436 e. The Labute approximate surface area is 245 Å². The van der Waals surface area contributed by atoms with Gasteiger partial charge in [0.2, 0.25) is 5.89 Å². The van der Waals surface area contributed by atoms with E-state index in [1.54, 1.807) is 61.5 Å². The van der Waals surface area contributed by atoms with Gasteiger partial charge in [0.05, 0.1) is 18.8 Å². The van der Waals surface area contributed by atoms with Crippen LogP contribution in [0.25, 0.3) is 28.2 Å². The minimum absolute atomic E-state index is 0.151. The molecule has 0 N–H and O–H groups in total. The summed E-state index contributed by atoms with van der Waals surface area (Å²) < 4.78 is 9.05. The van der Waals surface area contributed by atoms with Crippen LogP contribution in [0.15, 0.2) is 88.5 Å². The van der Waals surface area contributed by atoms with Crippen molar-refractivity contribution in [2.24, 2.45) is 14.1 Å². The number of hydrogen-bond acceptors (Lipinski definition) is 9. The monoisotopic (exact) mass is 576 g/mol. The van der Waals surface area contributed by atoms with Crippen LogP contribution in [-0.2, 0) is 14.1 Å². The number of nitrogens with zero attached hydrogens (tertiary/aromatic N) is 10. The maximum absolute atomic E-state index is 13.5. The van der Waals surface area contributed by atoms with Gasteiger partial charge in [-0.05, 0) is 41.1 Å². The Bertz CT molecular complexity index is 1980. The number of aromatic nitrogens is 8. The highest BCUT2D eigenvalue weighted by Crippen LogP contribution is 2.28. The third kappa shape index (κ3) is 4.99. The number of carbonyl (C=O) groups is 1. The number of hydrogen-bond donors (Lipinski definition) is 0. The molecular formula is C30H28N10O3. The van der Waals surface area contributed by atoms with Crippen LogP contribution < -0.4 is 5.69 Å². The van der Waals surface area contributed by atoms with Gasteiger partial charge < -0.3 is 13.9 Å². The van der Waals surface area contributed by atoms with Crippen molar-refractivity contribution >= 4 is 17.0 Å². The maximum atomic E-state index is 13.5. The lowest BCUT2D eigenvalue weighted by Crippen LogP contribution is -2.50. The third-order valence-electron chi connectivity index (χ3n) is 7.67. The van der Waals surface area contributed by atoms with E-state index in [9.17, 15) is 9.59 Å². The molecule has 216 valence electrons. The van der Waals surface area contributed by atoms with Gasteiger partial charge in [-0.2, -0.15) is 4.80 Å². The number of tetrazole rings is 1. The second kappa shape index (κ2) is 10.8. The van der Waals surface area contributed by atoms with E-state index in [1.807, 2.05) is 29.2 Å². The molecule has 1 amide bonds. The summed E-state index contributed by atoms with van der Waals surface area (Å²) in [5, 5.41) is 12.8. The maximum Gasteiger partial charge on any atom is 0.332 e. The molecule has 1 atom stereocenters. The molecule has 1 aliphatic heterocycles. The molecule has 0 spiro atoms. The summed E-state index contributed by atoms with van der Waals surface area (Å²) in [6, 6.07) is 18.8. The molecule has 1 unspecified atom stereocenters. The van der Waals surface area contributed by atoms with Crippen molar-refractivity contribution in [3.8, 4) is 17.1 Å². The topological polar surface area (TPSA) is 133 Å². The van der Waals surface area contributed by atoms with E-state index in [1.165, 1.54) is 9.36 Å². The zero-order valence-corrected chi connectivity index (χ0v) is 23.6. The van der Waals surface area contributed by atoms with Crippen LogP contribution in [0.5, 0.6) is 0 Å². The van der Waals surface area contributed by atoms with Gasteiger partial charge in [0.1, 0.15) is 11.2 Å². The number of carbonyl (C=O) groups excluding carboxylic acids is 1. The van der Waals surface area contributed by atoms with Gasteiger partial charge in [0, 0.05) is 57.4 Å². The molecule has 5 heterocycles. The van der Waals surface area contributed by atoms with Gasteiger partial charge in [0.15, 0.2) is 11.4 Å². The number of piperazine rings is 1. The fourth-order valence-electron chi connectivity index (χ4n) is 5.44. The molecule has 4 aromatic heterocycles. The second-order valence-corrected chi connectivity index (χ2v) is 10.4. The number of fused-ring (bicyclic) bond motifs is 1. The second-order valence-electron chi connectivity index (χ2n) is 10.4. The highest BCUT2D eigenvalue weighted by atomic mass is 16.3. The fourth-order valence-corrected chi connectivity index (χ4v) is 5.44. The first kappa shape index (κ1) is 26.5. The van der Waals surface area contributed by atoms with E-state index < -0.39 is 0 Å². The molecule has 1 aliphatic rings. The first-order chi connectivity index (χ1) is 20.9. The molecule has 0 aliphatic carbocycles. The Morgan fingerprint density at radius 2 is 1.77 bits per heavy atom. The largest absolute Gasteiger partial charge is 0.436 e. The Kier molecular flexibility index (Phi) is 6.62. The van der Waals surface area contributed by atoms with Crippen LogP contribution >= 0.6 is 0 Å². The fraction of sp³-hybridized carbons (Fsp3) is 0.233. The molecule has 13 heteroatoms. The van der Waals surface area contributed by atoms with Crippen molar-refractivity contribution in [1.29, 1.82) is 0 Å². The summed E-state index contributed by atoms with van der Waals surface area (Å²) >= 11 is 0. The molecule has 0 bridgehead atoms. The molecule has 1 fully saturated rings. The normalized spacial score (nSPS) is 14.8. The van der Waals surface area contributed by atoms with Crippen molar-refractivity contribution < 1.29 is 9.21 Å². The van der Waals surface area contributed by atoms with Gasteiger partial charge in [-0.15, -0.1) is 10.2 Å². The highest BCUT2D eigenvalue weighted by molar-refractivity contribution is 5.93. The number of imidazole rings is 1. The molecule has 43 heavy (non-hydrogen) atoms. The third-order valence-corrected chi connectivity index (χ3v) is 7.67. The zero-order valence-electron chi connectivity index (χ0n) is 23.6. The lowest BCUT2D eigenvalue weighted by Gasteiger charge is -2.38. The quantitative estimate of drug-likeness (QED) is 0.293. The summed E-state index contributed by atoms with van der Waals surface area (Å²) in [5.41, 5.74) is 3.76. The number of amides is 1. The van der Waals surface area contributed by atoms with E-state index in [-0.39, 0.29) is 17.6 Å². The van der Waals surface area contributed by atoms with Crippen molar-refractivity contribution in [3.05, 3.63) is 107 Å². The number of aryl methyl sites for hydroxylation is 2. The Morgan fingerprint density at radius 1 is 0.953 bits per heavy atom. The highest BCUT2D eigenvalue weighted by Gasteiger charge is 2.31. The predicted octanol–water partition coefficient (Wildman–Crippen LogP) is 2.45. The summed E-state index contributed by atoms with van der Waals surface area (Å²) in [5.74, 6) is 0.845. The van der Waals surface area contributed by atoms with Crippen LogP contribution in [0.1, 0.15) is 27.9 Å². The number of benzene rings is 2. The van der Waals surface area contributed by atoms with Crippen LogP contribution in [0, 0.1) is 0 Å². The molecule has 2 aromatic carbocycles. The van der Waals surface area contributed by atoms with E-state index in [2.05, 4.69) is 42.4 Å². The van der Waals surface area contributed by atoms with Crippen molar-refractivity contribution in [2.45, 2.75) is 6.04 Å². The first-order valence-corrected chi connectivity index (χ1v) is 13.9. The molecule has 1 saturated heterocycles. The molecule has 0 saturated carbocycles. The van der Waals surface area contributed by atoms with Crippen LogP contribution in [-0.4, -0.2) is 81.2 Å². The number of rotatable bonds is 6. The van der Waals surface area contributed by atoms with E-state index in [0.29, 0.717) is 65.9 Å². The Morgan fingerprint density at radius 3 is 2.49 bits per heavy atom. The Balaban J connectivity index is 1.08. The van der Waals surface area contributed by atoms with E-state index >= 15 is 0 Å². The molecule has 0 radical (unpaired) electrons. The standard InChI is InChI=1S/C30H28N10O3/c1-36-12-17-40(30(36)42)22-8-9-25-23(19-22)32-28(43-25)21-10-11-31-24(18-21)29(41)39-15-13-38(14-16-39)26(20-6-4-3-5-7-20)27-33-35-37(2)34-27/h3-12,17-19,26H,13-16H2,1-2H3. The number of pyridine rings is 1. The average Bonchev–Trinajstić information content (AvgIpc) is 3.76. The van der Waals surface area contributed by atoms with Gasteiger partial charge in [0.25, 0.3) is 5.91 Å². The lowest BCUT2D eigenvalue weighted by atomic mass is 10.0. The molecule has 13 nitrogen and oxygen atoms in total. The zero-order chi connectivity index (χ0) is 29.5. The minimum atomic E-state index is -0.159. The molecular weight excluding hydrogens is 548 g/mol. The van der Waals surface area contributed by atoms with Crippen molar-refractivity contribution in [2.75, 3.05) is 26.2 Å². The smallest absolute Gasteiger partial charge is 0.332 e. The first-order valence-electron chi connectivity index (χ1n) is 13.9. The SMILES string of the molecule is Cn1nnc(C(c2ccccc2)N2CCN(C(=O)c3cc(-c4nc5cc(-n6ccn(C)c6=O)ccc5o4)ccn3)CC2)n1. The predicted molar refractivity (Wildman–Crippen MR) is 156 cm³/mol. The molecule has 7 rings (SSSR count). The average molecular weight is 577 g/mol.